The average Bonchev–Trinajstić information content (AvgIpc) is 2.73. The lowest BCUT2D eigenvalue weighted by Crippen LogP contribution is -2.37. The third-order valence-electron chi connectivity index (χ3n) is 5.92. The monoisotopic (exact) mass is 388 g/mol. The predicted molar refractivity (Wildman–Crippen MR) is 110 cm³/mol. The van der Waals surface area contributed by atoms with Crippen molar-refractivity contribution in [2.24, 2.45) is 5.92 Å². The van der Waals surface area contributed by atoms with Gasteiger partial charge in [-0.25, -0.2) is 9.78 Å². The molecule has 154 valence electrons. The van der Waals surface area contributed by atoms with Gasteiger partial charge < -0.3 is 20.2 Å². The second-order valence-corrected chi connectivity index (χ2v) is 7.92. The summed E-state index contributed by atoms with van der Waals surface area (Å²) in [7, 11) is 0. The van der Waals surface area contributed by atoms with E-state index in [2.05, 4.69) is 20.1 Å². The Morgan fingerprint density at radius 2 is 1.89 bits per heavy atom. The van der Waals surface area contributed by atoms with E-state index in [0.29, 0.717) is 23.8 Å². The summed E-state index contributed by atoms with van der Waals surface area (Å²) in [5.74, 6) is 0.0498. The van der Waals surface area contributed by atoms with E-state index < -0.39 is 5.97 Å². The molecule has 3 rings (SSSR count). The van der Waals surface area contributed by atoms with Crippen LogP contribution in [0.3, 0.4) is 0 Å². The molecular formula is C21H32N4O3. The molecule has 2 aliphatic rings. The number of piperidine rings is 2. The molecule has 2 saturated heterocycles. The number of carboxylic acids is 1. The molecule has 0 atom stereocenters. The van der Waals surface area contributed by atoms with Crippen LogP contribution in [0.4, 0.5) is 11.5 Å². The van der Waals surface area contributed by atoms with E-state index in [1.54, 1.807) is 13.1 Å². The molecule has 0 unspecified atom stereocenters. The summed E-state index contributed by atoms with van der Waals surface area (Å²) in [6.45, 7) is 7.09. The SMILES string of the molecule is CCC(=O)Nc1cnc(N2CCC(CCN3CCCCC3)CC2)c(C(=O)O)c1. The summed E-state index contributed by atoms with van der Waals surface area (Å²) in [6, 6.07) is 1.51. The van der Waals surface area contributed by atoms with Gasteiger partial charge >= 0.3 is 5.97 Å². The molecule has 0 saturated carbocycles. The molecule has 1 amide bonds. The maximum absolute atomic E-state index is 11.7. The minimum atomic E-state index is -1.01. The Balaban J connectivity index is 1.56. The molecule has 0 aromatic carbocycles. The molecule has 1 aromatic heterocycles. The highest BCUT2D eigenvalue weighted by Crippen LogP contribution is 2.28. The van der Waals surface area contributed by atoms with Gasteiger partial charge in [-0.1, -0.05) is 13.3 Å². The molecule has 7 nitrogen and oxygen atoms in total. The number of rotatable bonds is 7. The lowest BCUT2D eigenvalue weighted by molar-refractivity contribution is -0.115. The number of carboxylic acid groups (broad SMARTS) is 1. The molecule has 3 heterocycles. The van der Waals surface area contributed by atoms with Crippen molar-refractivity contribution in [3.63, 3.8) is 0 Å². The minimum Gasteiger partial charge on any atom is -0.478 e. The first-order valence-corrected chi connectivity index (χ1v) is 10.6. The normalized spacial score (nSPS) is 18.8. The predicted octanol–water partition coefficient (Wildman–Crippen LogP) is 3.22. The number of carbonyl (C=O) groups is 2. The van der Waals surface area contributed by atoms with Crippen LogP contribution in [0.5, 0.6) is 0 Å². The Morgan fingerprint density at radius 1 is 1.18 bits per heavy atom. The standard InChI is InChI=1S/C21H32N4O3/c1-2-19(26)23-17-14-18(21(27)28)20(22-15-17)25-12-7-16(8-13-25)6-11-24-9-4-3-5-10-24/h14-16H,2-13H2,1H3,(H,23,26)(H,27,28). The smallest absolute Gasteiger partial charge is 0.339 e. The highest BCUT2D eigenvalue weighted by Gasteiger charge is 2.25. The van der Waals surface area contributed by atoms with Crippen molar-refractivity contribution in [2.45, 2.75) is 51.9 Å². The number of pyridine rings is 1. The van der Waals surface area contributed by atoms with Crippen LogP contribution in [0.25, 0.3) is 0 Å². The van der Waals surface area contributed by atoms with Crippen LogP contribution < -0.4 is 10.2 Å². The second-order valence-electron chi connectivity index (χ2n) is 7.92. The lowest BCUT2D eigenvalue weighted by atomic mass is 9.93. The van der Waals surface area contributed by atoms with Crippen molar-refractivity contribution in [3.05, 3.63) is 17.8 Å². The van der Waals surface area contributed by atoms with Crippen molar-refractivity contribution in [1.29, 1.82) is 0 Å². The number of nitrogens with one attached hydrogen (secondary N) is 1. The van der Waals surface area contributed by atoms with E-state index in [1.165, 1.54) is 51.4 Å². The van der Waals surface area contributed by atoms with Crippen molar-refractivity contribution < 1.29 is 14.7 Å². The Bertz CT molecular complexity index is 680. The summed E-state index contributed by atoms with van der Waals surface area (Å²) in [5, 5.41) is 12.3. The first kappa shape index (κ1) is 20.6. The van der Waals surface area contributed by atoms with Crippen molar-refractivity contribution in [1.82, 2.24) is 9.88 Å². The Hall–Kier alpha value is -2.15. The van der Waals surface area contributed by atoms with E-state index in [9.17, 15) is 14.7 Å². The molecule has 0 radical (unpaired) electrons. The first-order chi connectivity index (χ1) is 13.6. The zero-order chi connectivity index (χ0) is 19.9. The molecule has 2 aliphatic heterocycles. The van der Waals surface area contributed by atoms with Crippen molar-refractivity contribution in [2.75, 3.05) is 42.9 Å². The maximum atomic E-state index is 11.7. The number of carbonyl (C=O) groups excluding carboxylic acids is 1. The van der Waals surface area contributed by atoms with Crippen molar-refractivity contribution >= 4 is 23.4 Å². The van der Waals surface area contributed by atoms with Gasteiger partial charge in [0.25, 0.3) is 0 Å². The van der Waals surface area contributed by atoms with Gasteiger partial charge in [-0.3, -0.25) is 4.79 Å². The Morgan fingerprint density at radius 3 is 2.54 bits per heavy atom. The van der Waals surface area contributed by atoms with Gasteiger partial charge in [0.1, 0.15) is 11.4 Å². The van der Waals surface area contributed by atoms with E-state index in [1.807, 2.05) is 0 Å². The molecule has 7 heteroatoms. The quantitative estimate of drug-likeness (QED) is 0.746. The number of aromatic carboxylic acids is 1. The number of anilines is 2. The van der Waals surface area contributed by atoms with Gasteiger partial charge in [0, 0.05) is 19.5 Å². The topological polar surface area (TPSA) is 85.8 Å². The number of hydrogen-bond donors (Lipinski definition) is 2. The van der Waals surface area contributed by atoms with Gasteiger partial charge in [-0.05, 0) is 63.7 Å². The first-order valence-electron chi connectivity index (χ1n) is 10.6. The number of hydrogen-bond acceptors (Lipinski definition) is 5. The summed E-state index contributed by atoms with van der Waals surface area (Å²) >= 11 is 0. The second kappa shape index (κ2) is 9.87. The van der Waals surface area contributed by atoms with E-state index in [0.717, 1.165) is 25.9 Å². The average molecular weight is 389 g/mol. The number of nitrogens with zero attached hydrogens (tertiary/aromatic N) is 3. The molecule has 2 fully saturated rings. The fraction of sp³-hybridized carbons (Fsp3) is 0.667. The molecule has 0 aliphatic carbocycles. The van der Waals surface area contributed by atoms with E-state index in [4.69, 9.17) is 0 Å². The molecule has 0 spiro atoms. The van der Waals surface area contributed by atoms with Gasteiger partial charge in [0.15, 0.2) is 0 Å². The minimum absolute atomic E-state index is 0.152. The highest BCUT2D eigenvalue weighted by molar-refractivity contribution is 5.96. The zero-order valence-electron chi connectivity index (χ0n) is 16.8. The van der Waals surface area contributed by atoms with Crippen molar-refractivity contribution in [3.8, 4) is 0 Å². The van der Waals surface area contributed by atoms with E-state index >= 15 is 0 Å². The number of amides is 1. The van der Waals surface area contributed by atoms with Crippen LogP contribution in [0.1, 0.15) is 62.2 Å². The van der Waals surface area contributed by atoms with Crippen LogP contribution in [0, 0.1) is 5.92 Å². The van der Waals surface area contributed by atoms with E-state index in [-0.39, 0.29) is 11.5 Å². The fourth-order valence-electron chi connectivity index (χ4n) is 4.17. The fourth-order valence-corrected chi connectivity index (χ4v) is 4.17. The van der Waals surface area contributed by atoms with Crippen LogP contribution in [0.15, 0.2) is 12.3 Å². The number of aromatic nitrogens is 1. The molecule has 0 bridgehead atoms. The lowest BCUT2D eigenvalue weighted by Gasteiger charge is -2.35. The highest BCUT2D eigenvalue weighted by atomic mass is 16.4. The molecule has 28 heavy (non-hydrogen) atoms. The molecule has 2 N–H and O–H groups in total. The summed E-state index contributed by atoms with van der Waals surface area (Å²) < 4.78 is 0. The summed E-state index contributed by atoms with van der Waals surface area (Å²) in [4.78, 5) is 32.3. The summed E-state index contributed by atoms with van der Waals surface area (Å²) in [6.07, 6.45) is 9.30. The molecular weight excluding hydrogens is 356 g/mol. The maximum Gasteiger partial charge on any atom is 0.339 e. The van der Waals surface area contributed by atoms with Gasteiger partial charge in [0.05, 0.1) is 11.9 Å². The van der Waals surface area contributed by atoms with Gasteiger partial charge in [-0.15, -0.1) is 0 Å². The van der Waals surface area contributed by atoms with Crippen LogP contribution in [-0.4, -0.2) is 59.6 Å². The third kappa shape index (κ3) is 5.44. The molecule has 1 aromatic rings. The van der Waals surface area contributed by atoms with Gasteiger partial charge in [-0.2, -0.15) is 0 Å². The zero-order valence-corrected chi connectivity index (χ0v) is 16.8. The Labute approximate surface area is 167 Å². The van der Waals surface area contributed by atoms with Crippen LogP contribution in [-0.2, 0) is 4.79 Å². The van der Waals surface area contributed by atoms with Crippen LogP contribution in [0.2, 0.25) is 0 Å². The Kier molecular flexibility index (Phi) is 7.25. The number of likely N-dealkylation sites (tertiary alicyclic amines) is 1. The summed E-state index contributed by atoms with van der Waals surface area (Å²) in [5.41, 5.74) is 0.588. The largest absolute Gasteiger partial charge is 0.478 e. The van der Waals surface area contributed by atoms with Crippen LogP contribution >= 0.6 is 0 Å². The third-order valence-corrected chi connectivity index (χ3v) is 5.92. The van der Waals surface area contributed by atoms with Gasteiger partial charge in [0.2, 0.25) is 5.91 Å².